The maximum Gasteiger partial charge on any atom is 0.151 e. The first-order valence-corrected chi connectivity index (χ1v) is 6.10. The van der Waals surface area contributed by atoms with E-state index in [-0.39, 0.29) is 0 Å². The number of benzene rings is 1. The Balaban J connectivity index is 2.27. The molecule has 0 bridgehead atoms. The van der Waals surface area contributed by atoms with Gasteiger partial charge in [0.25, 0.3) is 0 Å². The summed E-state index contributed by atoms with van der Waals surface area (Å²) in [6.45, 7) is 2.19. The predicted molar refractivity (Wildman–Crippen MR) is 67.8 cm³/mol. The largest absolute Gasteiger partial charge is 0.248 e. The fourth-order valence-corrected chi connectivity index (χ4v) is 1.94. The van der Waals surface area contributed by atoms with Gasteiger partial charge in [0.2, 0.25) is 0 Å². The van der Waals surface area contributed by atoms with Crippen LogP contribution in [0.5, 0.6) is 0 Å². The molecule has 3 heteroatoms. The van der Waals surface area contributed by atoms with Gasteiger partial charge in [-0.05, 0) is 25.0 Å². The first kappa shape index (κ1) is 11.3. The molecular formula is C13H15ClN2. The molecule has 0 radical (unpaired) electrons. The average molecular weight is 235 g/mol. The number of fused-ring (bicyclic) bond motifs is 1. The molecular weight excluding hydrogens is 220 g/mol. The molecule has 0 amide bonds. The van der Waals surface area contributed by atoms with Crippen LogP contribution in [-0.4, -0.2) is 9.97 Å². The highest BCUT2D eigenvalue weighted by molar-refractivity contribution is 6.30. The van der Waals surface area contributed by atoms with Gasteiger partial charge >= 0.3 is 0 Å². The van der Waals surface area contributed by atoms with Crippen molar-refractivity contribution in [3.63, 3.8) is 0 Å². The lowest BCUT2D eigenvalue weighted by molar-refractivity contribution is 0.707. The Kier molecular flexibility index (Phi) is 3.73. The molecule has 0 atom stereocenters. The van der Waals surface area contributed by atoms with Crippen LogP contribution in [0.1, 0.15) is 31.9 Å². The smallest absolute Gasteiger partial charge is 0.151 e. The summed E-state index contributed by atoms with van der Waals surface area (Å²) in [7, 11) is 0. The van der Waals surface area contributed by atoms with Crippen molar-refractivity contribution < 1.29 is 0 Å². The molecule has 84 valence electrons. The van der Waals surface area contributed by atoms with Gasteiger partial charge in [0.1, 0.15) is 0 Å². The lowest BCUT2D eigenvalue weighted by atomic mass is 10.1. The standard InChI is InChI=1S/C13H15ClN2/c1-2-3-4-9-12-13(14)16-11-8-6-5-7-10(11)15-12/h5-8H,2-4,9H2,1H3. The molecule has 0 unspecified atom stereocenters. The maximum absolute atomic E-state index is 6.11. The van der Waals surface area contributed by atoms with Crippen molar-refractivity contribution in [2.45, 2.75) is 32.6 Å². The monoisotopic (exact) mass is 234 g/mol. The van der Waals surface area contributed by atoms with Crippen LogP contribution in [0, 0.1) is 0 Å². The van der Waals surface area contributed by atoms with Gasteiger partial charge in [0.05, 0.1) is 16.7 Å². The van der Waals surface area contributed by atoms with Gasteiger partial charge < -0.3 is 0 Å². The van der Waals surface area contributed by atoms with E-state index in [1.807, 2.05) is 24.3 Å². The summed E-state index contributed by atoms with van der Waals surface area (Å²) in [4.78, 5) is 8.91. The van der Waals surface area contributed by atoms with E-state index in [0.29, 0.717) is 5.15 Å². The molecule has 0 aliphatic carbocycles. The van der Waals surface area contributed by atoms with Crippen molar-refractivity contribution >= 4 is 22.6 Å². The number of hydrogen-bond acceptors (Lipinski definition) is 2. The summed E-state index contributed by atoms with van der Waals surface area (Å²) in [6.07, 6.45) is 4.47. The molecule has 0 N–H and O–H groups in total. The van der Waals surface area contributed by atoms with Gasteiger partial charge in [-0.1, -0.05) is 43.5 Å². The first-order chi connectivity index (χ1) is 7.81. The van der Waals surface area contributed by atoms with E-state index in [1.165, 1.54) is 12.8 Å². The highest BCUT2D eigenvalue weighted by Gasteiger charge is 2.05. The molecule has 0 aliphatic rings. The summed E-state index contributed by atoms with van der Waals surface area (Å²) in [5.41, 5.74) is 2.72. The second-order valence-corrected chi connectivity index (χ2v) is 4.26. The fourth-order valence-electron chi connectivity index (χ4n) is 1.72. The molecule has 2 aromatic rings. The first-order valence-electron chi connectivity index (χ1n) is 5.72. The molecule has 0 spiro atoms. The Morgan fingerprint density at radius 1 is 1.06 bits per heavy atom. The van der Waals surface area contributed by atoms with E-state index in [0.717, 1.165) is 29.6 Å². The van der Waals surface area contributed by atoms with Crippen LogP contribution in [-0.2, 0) is 6.42 Å². The van der Waals surface area contributed by atoms with Crippen molar-refractivity contribution in [2.24, 2.45) is 0 Å². The van der Waals surface area contributed by atoms with Crippen LogP contribution in [0.3, 0.4) is 0 Å². The zero-order valence-electron chi connectivity index (χ0n) is 9.41. The maximum atomic E-state index is 6.11. The Bertz CT molecular complexity index is 482. The highest BCUT2D eigenvalue weighted by Crippen LogP contribution is 2.18. The molecule has 1 aromatic heterocycles. The van der Waals surface area contributed by atoms with Gasteiger partial charge in [0.15, 0.2) is 5.15 Å². The predicted octanol–water partition coefficient (Wildman–Crippen LogP) is 4.02. The van der Waals surface area contributed by atoms with Crippen LogP contribution in [0.15, 0.2) is 24.3 Å². The zero-order chi connectivity index (χ0) is 11.4. The number of aryl methyl sites for hydroxylation is 1. The van der Waals surface area contributed by atoms with Crippen molar-refractivity contribution in [1.29, 1.82) is 0 Å². The number of aromatic nitrogens is 2. The van der Waals surface area contributed by atoms with E-state index in [2.05, 4.69) is 16.9 Å². The number of rotatable bonds is 4. The summed E-state index contributed by atoms with van der Waals surface area (Å²) < 4.78 is 0. The Hall–Kier alpha value is -1.15. The minimum Gasteiger partial charge on any atom is -0.248 e. The SMILES string of the molecule is CCCCCc1nc2ccccc2nc1Cl. The average Bonchev–Trinajstić information content (AvgIpc) is 2.30. The molecule has 2 nitrogen and oxygen atoms in total. The number of hydrogen-bond donors (Lipinski definition) is 0. The third-order valence-corrected chi connectivity index (χ3v) is 2.91. The van der Waals surface area contributed by atoms with Crippen LogP contribution >= 0.6 is 11.6 Å². The van der Waals surface area contributed by atoms with Crippen molar-refractivity contribution in [3.05, 3.63) is 35.1 Å². The quantitative estimate of drug-likeness (QED) is 0.747. The van der Waals surface area contributed by atoms with E-state index < -0.39 is 0 Å². The number of para-hydroxylation sites is 2. The third-order valence-electron chi connectivity index (χ3n) is 2.61. The molecule has 0 saturated heterocycles. The van der Waals surface area contributed by atoms with Crippen LogP contribution in [0.4, 0.5) is 0 Å². The lowest BCUT2D eigenvalue weighted by Crippen LogP contribution is -1.95. The number of halogens is 1. The van der Waals surface area contributed by atoms with Crippen LogP contribution in [0.2, 0.25) is 5.15 Å². The van der Waals surface area contributed by atoms with Gasteiger partial charge in [-0.25, -0.2) is 9.97 Å². The van der Waals surface area contributed by atoms with Crippen LogP contribution in [0.25, 0.3) is 11.0 Å². The second-order valence-electron chi connectivity index (χ2n) is 3.91. The van der Waals surface area contributed by atoms with E-state index in [9.17, 15) is 0 Å². The molecule has 16 heavy (non-hydrogen) atoms. The van der Waals surface area contributed by atoms with Crippen LogP contribution < -0.4 is 0 Å². The Morgan fingerprint density at radius 2 is 1.75 bits per heavy atom. The summed E-state index contributed by atoms with van der Waals surface area (Å²) in [5.74, 6) is 0. The van der Waals surface area contributed by atoms with E-state index in [4.69, 9.17) is 11.6 Å². The minimum atomic E-state index is 0.551. The van der Waals surface area contributed by atoms with E-state index >= 15 is 0 Å². The molecule has 2 rings (SSSR count). The highest BCUT2D eigenvalue weighted by atomic mass is 35.5. The number of nitrogens with zero attached hydrogens (tertiary/aromatic N) is 2. The van der Waals surface area contributed by atoms with Crippen molar-refractivity contribution in [1.82, 2.24) is 9.97 Å². The molecule has 0 saturated carbocycles. The topological polar surface area (TPSA) is 25.8 Å². The second kappa shape index (κ2) is 5.26. The van der Waals surface area contributed by atoms with Gasteiger partial charge in [-0.2, -0.15) is 0 Å². The zero-order valence-corrected chi connectivity index (χ0v) is 10.2. The normalized spacial score (nSPS) is 10.9. The van der Waals surface area contributed by atoms with E-state index in [1.54, 1.807) is 0 Å². The minimum absolute atomic E-state index is 0.551. The Morgan fingerprint density at radius 3 is 2.44 bits per heavy atom. The summed E-state index contributed by atoms with van der Waals surface area (Å²) in [6, 6.07) is 7.83. The lowest BCUT2D eigenvalue weighted by Gasteiger charge is -2.04. The fraction of sp³-hybridized carbons (Fsp3) is 0.385. The summed E-state index contributed by atoms with van der Waals surface area (Å²) >= 11 is 6.11. The van der Waals surface area contributed by atoms with Crippen molar-refractivity contribution in [3.8, 4) is 0 Å². The molecule has 1 heterocycles. The summed E-state index contributed by atoms with van der Waals surface area (Å²) in [5, 5.41) is 0.551. The number of unbranched alkanes of at least 4 members (excludes halogenated alkanes) is 2. The third kappa shape index (κ3) is 2.50. The molecule has 0 fully saturated rings. The molecule has 0 aliphatic heterocycles. The Labute approximate surface area is 101 Å². The van der Waals surface area contributed by atoms with Gasteiger partial charge in [0, 0.05) is 0 Å². The van der Waals surface area contributed by atoms with Crippen molar-refractivity contribution in [2.75, 3.05) is 0 Å². The van der Waals surface area contributed by atoms with Gasteiger partial charge in [-0.3, -0.25) is 0 Å². The molecule has 1 aromatic carbocycles. The van der Waals surface area contributed by atoms with Gasteiger partial charge in [-0.15, -0.1) is 0 Å².